The second-order valence-corrected chi connectivity index (χ2v) is 7.26. The maximum absolute atomic E-state index is 10.7. The first-order valence-corrected chi connectivity index (χ1v) is 9.69. The number of carboxylic acid groups (broad SMARTS) is 1. The van der Waals surface area contributed by atoms with Gasteiger partial charge < -0.3 is 14.7 Å². The normalized spacial score (nSPS) is 16.9. The molecule has 0 atom stereocenters. The largest absolute Gasteiger partial charge is 0.488 e. The number of likely N-dealkylation sites (tertiary alicyclic amines) is 1. The van der Waals surface area contributed by atoms with Crippen LogP contribution < -0.4 is 4.74 Å². The van der Waals surface area contributed by atoms with Gasteiger partial charge in [-0.05, 0) is 48.6 Å². The van der Waals surface area contributed by atoms with Gasteiger partial charge in [-0.2, -0.15) is 0 Å². The van der Waals surface area contributed by atoms with E-state index in [1.54, 1.807) is 0 Å². The summed E-state index contributed by atoms with van der Waals surface area (Å²) >= 11 is 0. The molecule has 27 heavy (non-hydrogen) atoms. The number of para-hydroxylation sites is 1. The van der Waals surface area contributed by atoms with Gasteiger partial charge in [0, 0.05) is 25.1 Å². The Labute approximate surface area is 160 Å². The van der Waals surface area contributed by atoms with Crippen molar-refractivity contribution in [2.45, 2.75) is 32.3 Å². The highest BCUT2D eigenvalue weighted by Gasteiger charge is 2.24. The fourth-order valence-electron chi connectivity index (χ4n) is 4.12. The van der Waals surface area contributed by atoms with Crippen LogP contribution in [0, 0.1) is 0 Å². The fourth-order valence-corrected chi connectivity index (χ4v) is 4.12. The van der Waals surface area contributed by atoms with Crippen molar-refractivity contribution in [3.8, 4) is 5.75 Å². The lowest BCUT2D eigenvalue weighted by Crippen LogP contribution is -2.32. The van der Waals surface area contributed by atoms with Crippen LogP contribution in [0.4, 0.5) is 0 Å². The minimum atomic E-state index is -0.707. The SMILES string of the molecule is O=C(O)CCCN1CCC(=C2c3ccccc3COc3ccccc32)CC1. The number of aliphatic carboxylic acids is 1. The van der Waals surface area contributed by atoms with Crippen molar-refractivity contribution in [2.24, 2.45) is 0 Å². The van der Waals surface area contributed by atoms with Gasteiger partial charge >= 0.3 is 5.97 Å². The van der Waals surface area contributed by atoms with Gasteiger partial charge in [0.15, 0.2) is 0 Å². The number of fused-ring (bicyclic) bond motifs is 2. The predicted octanol–water partition coefficient (Wildman–Crippen LogP) is 4.34. The Bertz CT molecular complexity index is 812. The number of hydrogen-bond acceptors (Lipinski definition) is 3. The van der Waals surface area contributed by atoms with Crippen LogP contribution in [0.2, 0.25) is 0 Å². The van der Waals surface area contributed by atoms with E-state index in [1.165, 1.54) is 27.8 Å². The Hall–Kier alpha value is -2.59. The molecule has 1 fully saturated rings. The van der Waals surface area contributed by atoms with Crippen molar-refractivity contribution in [3.05, 3.63) is 70.8 Å². The average molecular weight is 363 g/mol. The van der Waals surface area contributed by atoms with Gasteiger partial charge in [0.05, 0.1) is 0 Å². The minimum Gasteiger partial charge on any atom is -0.488 e. The zero-order valence-electron chi connectivity index (χ0n) is 15.5. The molecule has 2 aliphatic rings. The summed E-state index contributed by atoms with van der Waals surface area (Å²) in [5, 5.41) is 8.83. The van der Waals surface area contributed by atoms with E-state index in [2.05, 4.69) is 47.4 Å². The highest BCUT2D eigenvalue weighted by Crippen LogP contribution is 2.40. The quantitative estimate of drug-likeness (QED) is 0.878. The monoisotopic (exact) mass is 363 g/mol. The molecule has 0 bridgehead atoms. The van der Waals surface area contributed by atoms with E-state index in [9.17, 15) is 4.79 Å². The molecule has 1 N–H and O–H groups in total. The third kappa shape index (κ3) is 3.91. The standard InChI is InChI=1S/C23H25NO3/c25-22(26)10-5-13-24-14-11-17(12-15-24)23-19-7-2-1-6-18(19)16-27-21-9-4-3-8-20(21)23/h1-4,6-9H,5,10-16H2,(H,25,26). The summed E-state index contributed by atoms with van der Waals surface area (Å²) < 4.78 is 6.09. The van der Waals surface area contributed by atoms with Crippen molar-refractivity contribution in [1.29, 1.82) is 0 Å². The van der Waals surface area contributed by atoms with Gasteiger partial charge in [0.1, 0.15) is 12.4 Å². The molecule has 0 aliphatic carbocycles. The zero-order valence-corrected chi connectivity index (χ0v) is 15.5. The van der Waals surface area contributed by atoms with Crippen LogP contribution in [-0.2, 0) is 11.4 Å². The minimum absolute atomic E-state index is 0.253. The molecule has 1 saturated heterocycles. The smallest absolute Gasteiger partial charge is 0.303 e. The van der Waals surface area contributed by atoms with Crippen LogP contribution in [0.3, 0.4) is 0 Å². The van der Waals surface area contributed by atoms with Gasteiger partial charge in [-0.1, -0.05) is 48.0 Å². The Morgan fingerprint density at radius 3 is 2.48 bits per heavy atom. The molecular formula is C23H25NO3. The summed E-state index contributed by atoms with van der Waals surface area (Å²) in [5.74, 6) is 0.251. The first-order valence-electron chi connectivity index (χ1n) is 9.69. The predicted molar refractivity (Wildman–Crippen MR) is 106 cm³/mol. The van der Waals surface area contributed by atoms with Crippen molar-refractivity contribution in [2.75, 3.05) is 19.6 Å². The summed E-state index contributed by atoms with van der Waals surface area (Å²) in [7, 11) is 0. The summed E-state index contributed by atoms with van der Waals surface area (Å²) in [5.41, 5.74) is 6.53. The molecule has 0 saturated carbocycles. The average Bonchev–Trinajstić information content (AvgIpc) is 2.85. The molecule has 4 rings (SSSR count). The summed E-state index contributed by atoms with van der Waals surface area (Å²) in [6.45, 7) is 3.45. The highest BCUT2D eigenvalue weighted by atomic mass is 16.5. The molecule has 2 aliphatic heterocycles. The Morgan fingerprint density at radius 2 is 1.70 bits per heavy atom. The molecule has 2 aromatic carbocycles. The number of piperidine rings is 1. The summed E-state index contributed by atoms with van der Waals surface area (Å²) in [4.78, 5) is 13.1. The number of nitrogens with zero attached hydrogens (tertiary/aromatic N) is 1. The lowest BCUT2D eigenvalue weighted by atomic mass is 9.86. The molecule has 0 radical (unpaired) electrons. The van der Waals surface area contributed by atoms with Crippen LogP contribution in [0.5, 0.6) is 5.75 Å². The van der Waals surface area contributed by atoms with Crippen LogP contribution in [-0.4, -0.2) is 35.6 Å². The molecule has 140 valence electrons. The molecule has 0 aromatic heterocycles. The third-order valence-electron chi connectivity index (χ3n) is 5.50. The van der Waals surface area contributed by atoms with Crippen LogP contribution >= 0.6 is 0 Å². The van der Waals surface area contributed by atoms with E-state index in [4.69, 9.17) is 9.84 Å². The van der Waals surface area contributed by atoms with Crippen LogP contribution in [0.25, 0.3) is 5.57 Å². The molecule has 2 aromatic rings. The van der Waals surface area contributed by atoms with Crippen molar-refractivity contribution in [3.63, 3.8) is 0 Å². The Kier molecular flexibility index (Phi) is 5.26. The van der Waals surface area contributed by atoms with Crippen LogP contribution in [0.1, 0.15) is 42.4 Å². The van der Waals surface area contributed by atoms with E-state index >= 15 is 0 Å². The lowest BCUT2D eigenvalue weighted by molar-refractivity contribution is -0.137. The maximum atomic E-state index is 10.7. The van der Waals surface area contributed by atoms with E-state index in [-0.39, 0.29) is 6.42 Å². The number of hydrogen-bond donors (Lipinski definition) is 1. The van der Waals surface area contributed by atoms with Crippen molar-refractivity contribution < 1.29 is 14.6 Å². The van der Waals surface area contributed by atoms with Gasteiger partial charge in [-0.3, -0.25) is 4.79 Å². The number of carboxylic acids is 1. The number of ether oxygens (including phenoxy) is 1. The molecule has 4 heteroatoms. The first-order chi connectivity index (χ1) is 13.2. The van der Waals surface area contributed by atoms with Gasteiger partial charge in [0.25, 0.3) is 0 Å². The van der Waals surface area contributed by atoms with Gasteiger partial charge in [0.2, 0.25) is 0 Å². The van der Waals surface area contributed by atoms with Gasteiger partial charge in [-0.15, -0.1) is 0 Å². The fraction of sp³-hybridized carbons (Fsp3) is 0.348. The molecule has 2 heterocycles. The molecule has 0 unspecified atom stereocenters. The Morgan fingerprint density at radius 1 is 1.00 bits per heavy atom. The van der Waals surface area contributed by atoms with Gasteiger partial charge in [-0.25, -0.2) is 0 Å². The summed E-state index contributed by atoms with van der Waals surface area (Å²) in [6.07, 6.45) is 3.01. The molecule has 0 spiro atoms. The van der Waals surface area contributed by atoms with Crippen molar-refractivity contribution >= 4 is 11.5 Å². The third-order valence-corrected chi connectivity index (χ3v) is 5.50. The molecule has 0 amide bonds. The number of carbonyl (C=O) groups is 1. The Balaban J connectivity index is 1.62. The van der Waals surface area contributed by atoms with E-state index in [1.807, 2.05) is 6.07 Å². The summed E-state index contributed by atoms with van der Waals surface area (Å²) in [6, 6.07) is 16.9. The first kappa shape index (κ1) is 17.8. The maximum Gasteiger partial charge on any atom is 0.303 e. The second kappa shape index (κ2) is 7.97. The molecule has 4 nitrogen and oxygen atoms in total. The number of benzene rings is 2. The zero-order chi connectivity index (χ0) is 18.6. The van der Waals surface area contributed by atoms with Crippen LogP contribution in [0.15, 0.2) is 54.1 Å². The van der Waals surface area contributed by atoms with E-state index < -0.39 is 5.97 Å². The topological polar surface area (TPSA) is 49.8 Å². The van der Waals surface area contributed by atoms with E-state index in [0.29, 0.717) is 6.61 Å². The lowest BCUT2D eigenvalue weighted by Gasteiger charge is -2.30. The van der Waals surface area contributed by atoms with E-state index in [0.717, 1.165) is 44.6 Å². The highest BCUT2D eigenvalue weighted by molar-refractivity contribution is 5.87. The number of rotatable bonds is 4. The second-order valence-electron chi connectivity index (χ2n) is 7.26. The van der Waals surface area contributed by atoms with Crippen molar-refractivity contribution in [1.82, 2.24) is 4.90 Å². The molecular weight excluding hydrogens is 338 g/mol.